The summed E-state index contributed by atoms with van der Waals surface area (Å²) in [5.41, 5.74) is 3.47. The van der Waals surface area contributed by atoms with Crippen molar-refractivity contribution in [1.29, 1.82) is 0 Å². The zero-order valence-electron chi connectivity index (χ0n) is 20.2. The van der Waals surface area contributed by atoms with Gasteiger partial charge in [-0.25, -0.2) is 13.8 Å². The first kappa shape index (κ1) is 24.6. The molecule has 0 aliphatic heterocycles. The van der Waals surface area contributed by atoms with Crippen LogP contribution in [0.2, 0.25) is 5.15 Å². The lowest BCUT2D eigenvalue weighted by atomic mass is 9.81. The van der Waals surface area contributed by atoms with Gasteiger partial charge in [0.15, 0.2) is 0 Å². The quantitative estimate of drug-likeness (QED) is 0.250. The number of halogens is 3. The average molecular weight is 516 g/mol. The van der Waals surface area contributed by atoms with Crippen LogP contribution >= 0.6 is 11.6 Å². The number of anilines is 1. The fourth-order valence-electron chi connectivity index (χ4n) is 4.98. The summed E-state index contributed by atoms with van der Waals surface area (Å²) in [5.74, 6) is -3.30. The molecule has 0 radical (unpaired) electrons. The Morgan fingerprint density at radius 3 is 2.67 bits per heavy atom. The van der Waals surface area contributed by atoms with Crippen LogP contribution in [0.3, 0.4) is 0 Å². The summed E-state index contributed by atoms with van der Waals surface area (Å²) in [6.07, 6.45) is 4.90. The molecule has 10 heteroatoms. The van der Waals surface area contributed by atoms with Crippen molar-refractivity contribution in [2.45, 2.75) is 44.1 Å². The highest BCUT2D eigenvalue weighted by molar-refractivity contribution is 6.29. The molecule has 2 fully saturated rings. The van der Waals surface area contributed by atoms with E-state index < -0.39 is 11.8 Å². The van der Waals surface area contributed by atoms with Gasteiger partial charge in [-0.3, -0.25) is 9.78 Å². The largest absolute Gasteiger partial charge is 0.395 e. The zero-order chi connectivity index (χ0) is 25.4. The molecule has 0 spiro atoms. The molecule has 1 atom stereocenters. The third-order valence-electron chi connectivity index (χ3n) is 7.37. The molecular weight excluding hydrogens is 488 g/mol. The van der Waals surface area contributed by atoms with E-state index in [1.807, 2.05) is 31.3 Å². The van der Waals surface area contributed by atoms with Crippen molar-refractivity contribution in [3.63, 3.8) is 0 Å². The van der Waals surface area contributed by atoms with Crippen LogP contribution in [-0.4, -0.2) is 45.9 Å². The molecule has 5 rings (SSSR count). The molecule has 36 heavy (non-hydrogen) atoms. The highest BCUT2D eigenvalue weighted by atomic mass is 35.5. The lowest BCUT2D eigenvalue weighted by molar-refractivity contribution is 0.0566. The van der Waals surface area contributed by atoms with Crippen LogP contribution < -0.4 is 10.5 Å². The van der Waals surface area contributed by atoms with Gasteiger partial charge in [-0.15, -0.1) is 0 Å². The maximum absolute atomic E-state index is 13.2. The van der Waals surface area contributed by atoms with E-state index in [-0.39, 0.29) is 30.5 Å². The lowest BCUT2D eigenvalue weighted by Gasteiger charge is -2.36. The number of oxime groups is 1. The first-order chi connectivity index (χ1) is 17.2. The smallest absolute Gasteiger partial charge is 0.255 e. The number of pyridine rings is 3. The van der Waals surface area contributed by atoms with Crippen molar-refractivity contribution in [3.8, 4) is 0 Å². The van der Waals surface area contributed by atoms with E-state index in [9.17, 15) is 13.6 Å². The Hall–Kier alpha value is -3.07. The van der Waals surface area contributed by atoms with Crippen LogP contribution in [0.15, 0.2) is 52.5 Å². The third-order valence-corrected chi connectivity index (χ3v) is 7.58. The van der Waals surface area contributed by atoms with Gasteiger partial charge >= 0.3 is 0 Å². The molecule has 3 aromatic heterocycles. The van der Waals surface area contributed by atoms with Crippen molar-refractivity contribution in [2.24, 2.45) is 24.0 Å². The summed E-state index contributed by atoms with van der Waals surface area (Å²) in [7, 11) is 3.70. The van der Waals surface area contributed by atoms with E-state index >= 15 is 0 Å². The van der Waals surface area contributed by atoms with Crippen LogP contribution in [0.5, 0.6) is 0 Å². The molecule has 2 aliphatic carbocycles. The minimum Gasteiger partial charge on any atom is -0.395 e. The van der Waals surface area contributed by atoms with E-state index in [0.29, 0.717) is 22.1 Å². The van der Waals surface area contributed by atoms with Gasteiger partial charge < -0.3 is 14.3 Å². The molecular formula is C26H28ClF2N5O2. The summed E-state index contributed by atoms with van der Waals surface area (Å²) in [6.45, 7) is -0.0903. The van der Waals surface area contributed by atoms with Gasteiger partial charge in [0, 0.05) is 44.7 Å². The molecule has 1 unspecified atom stereocenters. The molecule has 3 heterocycles. The second-order valence-corrected chi connectivity index (χ2v) is 10.1. The third kappa shape index (κ3) is 4.93. The van der Waals surface area contributed by atoms with E-state index in [2.05, 4.69) is 20.0 Å². The molecule has 0 N–H and O–H groups in total. The molecule has 2 aliphatic rings. The SMILES string of the molecule is CN(c1cc(=O)n(C)c2ccc(Cl)nc12)C1CCC(/C(=N\OCC2CC2(F)F)c2ccccn2)CC1. The van der Waals surface area contributed by atoms with Gasteiger partial charge in [0.1, 0.15) is 23.0 Å². The fraction of sp³-hybridized carbons (Fsp3) is 0.462. The Morgan fingerprint density at radius 1 is 1.25 bits per heavy atom. The van der Waals surface area contributed by atoms with Gasteiger partial charge in [0.2, 0.25) is 0 Å². The predicted octanol–water partition coefficient (Wildman–Crippen LogP) is 5.05. The van der Waals surface area contributed by atoms with Crippen LogP contribution in [0, 0.1) is 11.8 Å². The number of fused-ring (bicyclic) bond motifs is 1. The van der Waals surface area contributed by atoms with Crippen LogP contribution in [-0.2, 0) is 11.9 Å². The molecule has 190 valence electrons. The molecule has 0 saturated heterocycles. The highest BCUT2D eigenvalue weighted by Gasteiger charge is 2.57. The van der Waals surface area contributed by atoms with E-state index in [0.717, 1.165) is 36.9 Å². The Morgan fingerprint density at radius 2 is 2.00 bits per heavy atom. The van der Waals surface area contributed by atoms with Crippen LogP contribution in [0.25, 0.3) is 11.0 Å². The number of hydrogen-bond acceptors (Lipinski definition) is 6. The monoisotopic (exact) mass is 515 g/mol. The van der Waals surface area contributed by atoms with Gasteiger partial charge in [0.05, 0.1) is 22.8 Å². The van der Waals surface area contributed by atoms with Crippen molar-refractivity contribution >= 4 is 34.0 Å². The predicted molar refractivity (Wildman–Crippen MR) is 136 cm³/mol. The Bertz CT molecular complexity index is 1340. The van der Waals surface area contributed by atoms with Crippen molar-refractivity contribution in [2.75, 3.05) is 18.6 Å². The molecule has 3 aromatic rings. The maximum atomic E-state index is 13.2. The maximum Gasteiger partial charge on any atom is 0.255 e. The minimum atomic E-state index is -2.63. The molecule has 0 amide bonds. The zero-order valence-corrected chi connectivity index (χ0v) is 21.0. The second-order valence-electron chi connectivity index (χ2n) is 9.69. The number of aromatic nitrogens is 3. The Labute approximate surface area is 212 Å². The Balaban J connectivity index is 1.33. The van der Waals surface area contributed by atoms with Gasteiger partial charge in [-0.1, -0.05) is 22.8 Å². The molecule has 2 saturated carbocycles. The standard InChI is InChI=1S/C26H28ClF2N5O2/c1-33(21-13-23(35)34(2)20-10-11-22(27)31-25(20)21)18-8-6-16(7-9-18)24(19-5-3-4-12-30-19)32-36-15-17-14-26(17,28)29/h3-5,10-13,16-18H,6-9,14-15H2,1-2H3/b32-24+. The summed E-state index contributed by atoms with van der Waals surface area (Å²) < 4.78 is 28.1. The molecule has 0 aromatic carbocycles. The normalized spacial score (nSPS) is 23.5. The van der Waals surface area contributed by atoms with E-state index in [1.165, 1.54) is 0 Å². The summed E-state index contributed by atoms with van der Waals surface area (Å²) >= 11 is 6.18. The average Bonchev–Trinajstić information content (AvgIpc) is 3.50. The molecule has 0 bridgehead atoms. The summed E-state index contributed by atoms with van der Waals surface area (Å²) in [4.78, 5) is 29.1. The van der Waals surface area contributed by atoms with Crippen molar-refractivity contribution < 1.29 is 13.6 Å². The second kappa shape index (κ2) is 9.76. The lowest BCUT2D eigenvalue weighted by Crippen LogP contribution is -2.38. The van der Waals surface area contributed by atoms with E-state index in [4.69, 9.17) is 16.4 Å². The van der Waals surface area contributed by atoms with Crippen molar-refractivity contribution in [3.05, 3.63) is 63.8 Å². The first-order valence-electron chi connectivity index (χ1n) is 12.1. The number of hydrogen-bond donors (Lipinski definition) is 0. The van der Waals surface area contributed by atoms with Crippen LogP contribution in [0.1, 0.15) is 37.8 Å². The van der Waals surface area contributed by atoms with Gasteiger partial charge in [0.25, 0.3) is 11.5 Å². The van der Waals surface area contributed by atoms with Gasteiger partial charge in [-0.05, 0) is 49.9 Å². The number of aryl methyl sites for hydroxylation is 1. The number of rotatable bonds is 7. The fourth-order valence-corrected chi connectivity index (χ4v) is 5.13. The van der Waals surface area contributed by atoms with Crippen LogP contribution in [0.4, 0.5) is 14.5 Å². The topological polar surface area (TPSA) is 72.6 Å². The van der Waals surface area contributed by atoms with E-state index in [1.54, 1.807) is 29.9 Å². The molecule has 7 nitrogen and oxygen atoms in total. The van der Waals surface area contributed by atoms with Crippen molar-refractivity contribution in [1.82, 2.24) is 14.5 Å². The summed E-state index contributed by atoms with van der Waals surface area (Å²) in [5, 5.41) is 4.68. The Kier molecular flexibility index (Phi) is 6.68. The summed E-state index contributed by atoms with van der Waals surface area (Å²) in [6, 6.07) is 10.9. The first-order valence-corrected chi connectivity index (χ1v) is 12.5. The van der Waals surface area contributed by atoms with Gasteiger partial charge in [-0.2, -0.15) is 0 Å². The highest BCUT2D eigenvalue weighted by Crippen LogP contribution is 2.48. The number of nitrogens with zero attached hydrogens (tertiary/aromatic N) is 5. The number of alkyl halides is 2. The minimum absolute atomic E-state index is 0.0903.